The molecule has 0 aliphatic carbocycles. The standard InChI is InChI=1S/C33H23BrClN3O3/c34-21-11-9-20(10-12-21)29(39)27-28(31(40)36-23-15-13-22(35)14-16-23)38-18-17-19-5-1-2-6-24(19)30(38)33(27)25-7-3-4-8-26(25)37-32(33)41/h1-18,27-28,30H,(H,36,40)(H,37,41)/t27-,28+,30-,33+/m0/s1. The number of nitrogens with one attached hydrogen (secondary N) is 2. The number of ketones is 1. The maximum Gasteiger partial charge on any atom is 0.247 e. The van der Waals surface area contributed by atoms with Gasteiger partial charge >= 0.3 is 0 Å². The van der Waals surface area contributed by atoms with Gasteiger partial charge < -0.3 is 15.5 Å². The number of amides is 2. The van der Waals surface area contributed by atoms with Crippen LogP contribution in [0.4, 0.5) is 11.4 Å². The Kier molecular flexibility index (Phi) is 6.10. The molecule has 0 aromatic heterocycles. The minimum absolute atomic E-state index is 0.277. The zero-order valence-electron chi connectivity index (χ0n) is 21.6. The van der Waals surface area contributed by atoms with Gasteiger partial charge in [-0.2, -0.15) is 0 Å². The molecule has 7 rings (SSSR count). The van der Waals surface area contributed by atoms with E-state index in [1.54, 1.807) is 48.5 Å². The normalized spacial score (nSPS) is 23.5. The second-order valence-electron chi connectivity index (χ2n) is 10.5. The lowest BCUT2D eigenvalue weighted by molar-refractivity contribution is -0.122. The molecule has 202 valence electrons. The van der Waals surface area contributed by atoms with E-state index in [0.29, 0.717) is 27.5 Å². The average Bonchev–Trinajstić information content (AvgIpc) is 3.47. The Hall–Kier alpha value is -4.20. The number of para-hydroxylation sites is 1. The number of rotatable bonds is 4. The van der Waals surface area contributed by atoms with Crippen molar-refractivity contribution in [3.63, 3.8) is 0 Å². The molecule has 2 N–H and O–H groups in total. The SMILES string of the molecule is O=C(c1ccc(Br)cc1)[C@@H]1[C@H](C(=O)Nc2ccc(Cl)cc2)N2C=Cc3ccccc3[C@H]2[C@]12C(=O)Nc1ccccc12. The first-order valence-electron chi connectivity index (χ1n) is 13.2. The van der Waals surface area contributed by atoms with Crippen molar-refractivity contribution in [2.24, 2.45) is 5.92 Å². The molecule has 3 aliphatic heterocycles. The number of halogens is 2. The predicted molar refractivity (Wildman–Crippen MR) is 163 cm³/mol. The van der Waals surface area contributed by atoms with Gasteiger partial charge in [0.25, 0.3) is 0 Å². The number of fused-ring (bicyclic) bond motifs is 6. The highest BCUT2D eigenvalue weighted by Gasteiger charge is 2.70. The van der Waals surface area contributed by atoms with E-state index in [1.807, 2.05) is 65.7 Å². The minimum Gasteiger partial charge on any atom is -0.356 e. The van der Waals surface area contributed by atoms with Gasteiger partial charge in [-0.05, 0) is 65.2 Å². The molecule has 2 amide bonds. The van der Waals surface area contributed by atoms with Crippen molar-refractivity contribution in [2.45, 2.75) is 17.5 Å². The number of anilines is 2. The maximum absolute atomic E-state index is 14.7. The molecule has 0 radical (unpaired) electrons. The summed E-state index contributed by atoms with van der Waals surface area (Å²) in [7, 11) is 0. The molecule has 4 aromatic carbocycles. The molecule has 1 spiro atoms. The summed E-state index contributed by atoms with van der Waals surface area (Å²) in [6, 6.07) is 27.6. The van der Waals surface area contributed by atoms with Crippen LogP contribution in [0.3, 0.4) is 0 Å². The number of carbonyl (C=O) groups is 3. The molecule has 1 saturated heterocycles. The van der Waals surface area contributed by atoms with E-state index in [0.717, 1.165) is 15.6 Å². The molecule has 4 atom stereocenters. The Morgan fingerprint density at radius 3 is 2.39 bits per heavy atom. The number of nitrogens with zero attached hydrogens (tertiary/aromatic N) is 1. The minimum atomic E-state index is -1.37. The lowest BCUT2D eigenvalue weighted by Crippen LogP contribution is -2.50. The van der Waals surface area contributed by atoms with Gasteiger partial charge in [-0.3, -0.25) is 14.4 Å². The van der Waals surface area contributed by atoms with Gasteiger partial charge in [0, 0.05) is 32.6 Å². The van der Waals surface area contributed by atoms with E-state index in [-0.39, 0.29) is 17.6 Å². The second kappa shape index (κ2) is 9.72. The third-order valence-electron chi connectivity index (χ3n) is 8.36. The number of hydrogen-bond donors (Lipinski definition) is 2. The zero-order chi connectivity index (χ0) is 28.3. The van der Waals surface area contributed by atoms with Gasteiger partial charge in [0.2, 0.25) is 11.8 Å². The Labute approximate surface area is 250 Å². The van der Waals surface area contributed by atoms with Crippen LogP contribution >= 0.6 is 27.5 Å². The smallest absolute Gasteiger partial charge is 0.247 e. The van der Waals surface area contributed by atoms with E-state index < -0.39 is 23.4 Å². The Bertz CT molecular complexity index is 1750. The van der Waals surface area contributed by atoms with Crippen LogP contribution in [0, 0.1) is 5.92 Å². The molecule has 6 nitrogen and oxygen atoms in total. The number of carbonyl (C=O) groups excluding carboxylic acids is 3. The molecule has 0 saturated carbocycles. The quantitative estimate of drug-likeness (QED) is 0.244. The lowest BCUT2D eigenvalue weighted by Gasteiger charge is -2.38. The third kappa shape index (κ3) is 3.87. The summed E-state index contributed by atoms with van der Waals surface area (Å²) in [5, 5.41) is 6.60. The molecular formula is C33H23BrClN3O3. The Morgan fingerprint density at radius 1 is 0.902 bits per heavy atom. The topological polar surface area (TPSA) is 78.5 Å². The monoisotopic (exact) mass is 623 g/mol. The first-order valence-corrected chi connectivity index (χ1v) is 14.4. The molecule has 41 heavy (non-hydrogen) atoms. The van der Waals surface area contributed by atoms with Crippen LogP contribution in [-0.2, 0) is 15.0 Å². The summed E-state index contributed by atoms with van der Waals surface area (Å²) in [5.74, 6) is -2.00. The van der Waals surface area contributed by atoms with Crippen LogP contribution < -0.4 is 10.6 Å². The van der Waals surface area contributed by atoms with Gasteiger partial charge in [0.15, 0.2) is 5.78 Å². The molecule has 0 bridgehead atoms. The summed E-state index contributed by atoms with van der Waals surface area (Å²) in [6.45, 7) is 0. The van der Waals surface area contributed by atoms with Gasteiger partial charge in [-0.15, -0.1) is 0 Å². The first kappa shape index (κ1) is 25.7. The third-order valence-corrected chi connectivity index (χ3v) is 9.14. The van der Waals surface area contributed by atoms with Crippen molar-refractivity contribution in [3.8, 4) is 0 Å². The van der Waals surface area contributed by atoms with Gasteiger partial charge in [0.05, 0.1) is 12.0 Å². The number of hydrogen-bond acceptors (Lipinski definition) is 4. The van der Waals surface area contributed by atoms with Crippen molar-refractivity contribution in [2.75, 3.05) is 10.6 Å². The summed E-state index contributed by atoms with van der Waals surface area (Å²) >= 11 is 9.53. The molecule has 4 aromatic rings. The van der Waals surface area contributed by atoms with Crippen LogP contribution in [-0.4, -0.2) is 28.5 Å². The number of Topliss-reactive ketones (excluding diaryl/α,β-unsaturated/α-hetero) is 1. The largest absolute Gasteiger partial charge is 0.356 e. The van der Waals surface area contributed by atoms with Crippen molar-refractivity contribution in [1.29, 1.82) is 0 Å². The fourth-order valence-electron chi connectivity index (χ4n) is 6.71. The van der Waals surface area contributed by atoms with Crippen molar-refractivity contribution in [1.82, 2.24) is 4.90 Å². The summed E-state index contributed by atoms with van der Waals surface area (Å²) in [4.78, 5) is 45.3. The molecule has 3 aliphatic rings. The van der Waals surface area contributed by atoms with Gasteiger partial charge in [0.1, 0.15) is 11.5 Å². The van der Waals surface area contributed by atoms with E-state index >= 15 is 0 Å². The maximum atomic E-state index is 14.7. The zero-order valence-corrected chi connectivity index (χ0v) is 23.9. The molecule has 1 fully saturated rings. The molecule has 3 heterocycles. The van der Waals surface area contributed by atoms with Crippen LogP contribution in [0.1, 0.15) is 33.1 Å². The predicted octanol–water partition coefficient (Wildman–Crippen LogP) is 6.84. The van der Waals surface area contributed by atoms with Crippen LogP contribution in [0.5, 0.6) is 0 Å². The van der Waals surface area contributed by atoms with Crippen LogP contribution in [0.25, 0.3) is 6.08 Å². The summed E-state index contributed by atoms with van der Waals surface area (Å²) < 4.78 is 0.824. The molecule has 0 unspecified atom stereocenters. The van der Waals surface area contributed by atoms with Crippen LogP contribution in [0.2, 0.25) is 5.02 Å². The fraction of sp³-hybridized carbons (Fsp3) is 0.121. The van der Waals surface area contributed by atoms with Crippen LogP contribution in [0.15, 0.2) is 108 Å². The van der Waals surface area contributed by atoms with E-state index in [2.05, 4.69) is 26.6 Å². The van der Waals surface area contributed by atoms with Crippen molar-refractivity contribution >= 4 is 62.6 Å². The van der Waals surface area contributed by atoms with Gasteiger partial charge in [-0.1, -0.05) is 82.1 Å². The van der Waals surface area contributed by atoms with Crippen molar-refractivity contribution < 1.29 is 14.4 Å². The Balaban J connectivity index is 1.48. The molecule has 8 heteroatoms. The fourth-order valence-corrected chi connectivity index (χ4v) is 7.10. The van der Waals surface area contributed by atoms with Crippen molar-refractivity contribution in [3.05, 3.63) is 135 Å². The first-order chi connectivity index (χ1) is 19.9. The Morgan fingerprint density at radius 2 is 1.61 bits per heavy atom. The van der Waals surface area contributed by atoms with E-state index in [9.17, 15) is 14.4 Å². The summed E-state index contributed by atoms with van der Waals surface area (Å²) in [6.07, 6.45) is 3.79. The lowest BCUT2D eigenvalue weighted by atomic mass is 9.63. The van der Waals surface area contributed by atoms with E-state index in [4.69, 9.17) is 11.6 Å². The highest BCUT2D eigenvalue weighted by atomic mass is 79.9. The second-order valence-corrected chi connectivity index (χ2v) is 11.8. The van der Waals surface area contributed by atoms with E-state index in [1.165, 1.54) is 0 Å². The molecular weight excluding hydrogens is 602 g/mol. The average molecular weight is 625 g/mol. The summed E-state index contributed by atoms with van der Waals surface area (Å²) in [5.41, 5.74) is 2.79. The van der Waals surface area contributed by atoms with Gasteiger partial charge in [-0.25, -0.2) is 0 Å². The number of benzene rings is 4. The highest BCUT2D eigenvalue weighted by molar-refractivity contribution is 9.10. The highest BCUT2D eigenvalue weighted by Crippen LogP contribution is 2.62.